The van der Waals surface area contributed by atoms with Crippen LogP contribution in [0.4, 0.5) is 5.69 Å². The summed E-state index contributed by atoms with van der Waals surface area (Å²) in [5.74, 6) is -0.820. The number of carbonyl (C=O) groups is 1. The molecular weight excluding hydrogens is 334 g/mol. The van der Waals surface area contributed by atoms with Crippen molar-refractivity contribution in [3.05, 3.63) is 64.2 Å². The number of aliphatic hydroxyl groups is 1. The first-order chi connectivity index (χ1) is 11.4. The Morgan fingerprint density at radius 3 is 2.38 bits per heavy atom. The van der Waals surface area contributed by atoms with E-state index in [0.29, 0.717) is 11.3 Å². The number of nitrogens with zero attached hydrogens (tertiary/aromatic N) is 1. The summed E-state index contributed by atoms with van der Waals surface area (Å²) in [5, 5.41) is 29.4. The van der Waals surface area contributed by atoms with E-state index in [1.54, 1.807) is 30.3 Å². The lowest BCUT2D eigenvalue weighted by Crippen LogP contribution is -2.26. The molecule has 7 nitrogen and oxygen atoms in total. The molecule has 0 bridgehead atoms. The minimum atomic E-state index is -1.72. The van der Waals surface area contributed by atoms with Crippen LogP contribution in [0.3, 0.4) is 0 Å². The third-order valence-electron chi connectivity index (χ3n) is 3.30. The van der Waals surface area contributed by atoms with Crippen LogP contribution in [0.25, 0.3) is 0 Å². The summed E-state index contributed by atoms with van der Waals surface area (Å²) in [7, 11) is 1.50. The van der Waals surface area contributed by atoms with Gasteiger partial charge in [0.25, 0.3) is 5.69 Å². The van der Waals surface area contributed by atoms with E-state index in [1.165, 1.54) is 25.3 Å². The molecule has 2 N–H and O–H groups in total. The van der Waals surface area contributed by atoms with Crippen molar-refractivity contribution in [2.24, 2.45) is 0 Å². The lowest BCUT2D eigenvalue weighted by atomic mass is 10.1. The van der Waals surface area contributed by atoms with Crippen LogP contribution < -0.4 is 4.74 Å². The second kappa shape index (κ2) is 7.80. The molecule has 0 fully saturated rings. The largest absolute Gasteiger partial charge is 0.497 e. The summed E-state index contributed by atoms with van der Waals surface area (Å²) in [6, 6.07) is 12.5. The highest BCUT2D eigenvalue weighted by atomic mass is 32.2. The monoisotopic (exact) mass is 349 g/mol. The second-order valence-electron chi connectivity index (χ2n) is 4.82. The van der Waals surface area contributed by atoms with Crippen molar-refractivity contribution < 1.29 is 24.7 Å². The van der Waals surface area contributed by atoms with Gasteiger partial charge in [0.15, 0.2) is 6.10 Å². The molecule has 24 heavy (non-hydrogen) atoms. The minimum Gasteiger partial charge on any atom is -0.497 e. The number of benzene rings is 2. The molecule has 0 aliphatic heterocycles. The number of nitro groups is 1. The number of ether oxygens (including phenoxy) is 1. The van der Waals surface area contributed by atoms with E-state index >= 15 is 0 Å². The Hall–Kier alpha value is -2.58. The fraction of sp³-hybridized carbons (Fsp3) is 0.188. The van der Waals surface area contributed by atoms with E-state index in [-0.39, 0.29) is 10.6 Å². The molecule has 0 radical (unpaired) electrons. The number of carboxylic acids is 1. The summed E-state index contributed by atoms with van der Waals surface area (Å²) in [4.78, 5) is 22.1. The van der Waals surface area contributed by atoms with Crippen molar-refractivity contribution in [1.29, 1.82) is 0 Å². The summed E-state index contributed by atoms with van der Waals surface area (Å²) in [5.41, 5.74) is 0.382. The molecule has 0 saturated carbocycles. The Labute approximate surface area is 142 Å². The molecule has 0 amide bonds. The van der Waals surface area contributed by atoms with Gasteiger partial charge in [-0.2, -0.15) is 0 Å². The molecule has 2 aromatic rings. The van der Waals surface area contributed by atoms with E-state index in [1.807, 2.05) is 0 Å². The maximum Gasteiger partial charge on any atom is 0.334 e. The van der Waals surface area contributed by atoms with Crippen LogP contribution in [0, 0.1) is 10.1 Å². The SMILES string of the molecule is COc1ccc(C(Sc2ccccc2[N+](=O)[O-])C(O)C(=O)O)cc1. The molecule has 0 aliphatic rings. The van der Waals surface area contributed by atoms with E-state index in [4.69, 9.17) is 9.84 Å². The van der Waals surface area contributed by atoms with Gasteiger partial charge in [-0.25, -0.2) is 4.79 Å². The zero-order chi connectivity index (χ0) is 17.7. The number of nitro benzene ring substituents is 1. The van der Waals surface area contributed by atoms with Gasteiger partial charge in [0.05, 0.1) is 22.2 Å². The molecule has 2 rings (SSSR count). The number of aliphatic hydroxyl groups excluding tert-OH is 1. The van der Waals surface area contributed by atoms with Crippen LogP contribution in [0.5, 0.6) is 5.75 Å². The Morgan fingerprint density at radius 2 is 1.83 bits per heavy atom. The van der Waals surface area contributed by atoms with Gasteiger partial charge in [-0.15, -0.1) is 11.8 Å². The second-order valence-corrected chi connectivity index (χ2v) is 6.00. The van der Waals surface area contributed by atoms with Gasteiger partial charge in [0.2, 0.25) is 0 Å². The van der Waals surface area contributed by atoms with Gasteiger partial charge >= 0.3 is 5.97 Å². The van der Waals surface area contributed by atoms with E-state index in [9.17, 15) is 20.0 Å². The number of aliphatic carboxylic acids is 1. The van der Waals surface area contributed by atoms with Crippen molar-refractivity contribution in [2.75, 3.05) is 7.11 Å². The Kier molecular flexibility index (Phi) is 5.78. The van der Waals surface area contributed by atoms with Gasteiger partial charge in [0, 0.05) is 6.07 Å². The average molecular weight is 349 g/mol. The highest BCUT2D eigenvalue weighted by Crippen LogP contribution is 2.42. The summed E-state index contributed by atoms with van der Waals surface area (Å²) >= 11 is 0.933. The molecule has 2 unspecified atom stereocenters. The molecule has 2 atom stereocenters. The summed E-state index contributed by atoms with van der Waals surface area (Å²) in [6.07, 6.45) is -1.72. The zero-order valence-corrected chi connectivity index (χ0v) is 13.5. The number of hydrogen-bond acceptors (Lipinski definition) is 6. The van der Waals surface area contributed by atoms with Gasteiger partial charge in [-0.1, -0.05) is 24.3 Å². The number of carboxylic acid groups (broad SMARTS) is 1. The predicted molar refractivity (Wildman–Crippen MR) is 88.3 cm³/mol. The van der Waals surface area contributed by atoms with Gasteiger partial charge in [-0.3, -0.25) is 10.1 Å². The van der Waals surface area contributed by atoms with Crippen LogP contribution in [-0.2, 0) is 4.79 Å². The Morgan fingerprint density at radius 1 is 1.21 bits per heavy atom. The summed E-state index contributed by atoms with van der Waals surface area (Å²) < 4.78 is 5.05. The fourth-order valence-corrected chi connectivity index (χ4v) is 3.31. The van der Waals surface area contributed by atoms with Gasteiger partial charge in [0.1, 0.15) is 5.75 Å². The molecule has 126 valence electrons. The number of para-hydroxylation sites is 1. The van der Waals surface area contributed by atoms with Crippen molar-refractivity contribution in [2.45, 2.75) is 16.2 Å². The molecule has 0 heterocycles. The lowest BCUT2D eigenvalue weighted by Gasteiger charge is -2.20. The zero-order valence-electron chi connectivity index (χ0n) is 12.7. The van der Waals surface area contributed by atoms with Crippen LogP contribution in [-0.4, -0.2) is 34.3 Å². The summed E-state index contributed by atoms with van der Waals surface area (Å²) in [6.45, 7) is 0. The number of hydrogen-bond donors (Lipinski definition) is 2. The molecule has 0 spiro atoms. The van der Waals surface area contributed by atoms with E-state index in [0.717, 1.165) is 11.8 Å². The first kappa shape index (κ1) is 17.8. The smallest absolute Gasteiger partial charge is 0.334 e. The number of methoxy groups -OCH3 is 1. The van der Waals surface area contributed by atoms with E-state index in [2.05, 4.69) is 0 Å². The lowest BCUT2D eigenvalue weighted by molar-refractivity contribution is -0.387. The molecule has 0 aromatic heterocycles. The normalized spacial score (nSPS) is 13.1. The van der Waals surface area contributed by atoms with Crippen LogP contribution >= 0.6 is 11.8 Å². The van der Waals surface area contributed by atoms with Crippen molar-refractivity contribution >= 4 is 23.4 Å². The van der Waals surface area contributed by atoms with Crippen LogP contribution in [0.1, 0.15) is 10.8 Å². The third-order valence-corrected chi connectivity index (χ3v) is 4.68. The maximum absolute atomic E-state index is 11.2. The molecule has 0 aliphatic carbocycles. The van der Waals surface area contributed by atoms with Gasteiger partial charge < -0.3 is 14.9 Å². The number of rotatable bonds is 7. The first-order valence-corrected chi connectivity index (χ1v) is 7.77. The maximum atomic E-state index is 11.2. The quantitative estimate of drug-likeness (QED) is 0.449. The predicted octanol–water partition coefficient (Wildman–Crippen LogP) is 2.88. The molecule has 8 heteroatoms. The highest BCUT2D eigenvalue weighted by Gasteiger charge is 2.30. The van der Waals surface area contributed by atoms with Crippen LogP contribution in [0.2, 0.25) is 0 Å². The molecule has 0 saturated heterocycles. The highest BCUT2D eigenvalue weighted by molar-refractivity contribution is 7.99. The van der Waals surface area contributed by atoms with Crippen molar-refractivity contribution in [3.63, 3.8) is 0 Å². The average Bonchev–Trinajstić information content (AvgIpc) is 2.59. The molecular formula is C16H15NO6S. The van der Waals surface area contributed by atoms with Gasteiger partial charge in [-0.05, 0) is 23.8 Å². The minimum absolute atomic E-state index is 0.140. The van der Waals surface area contributed by atoms with Crippen molar-refractivity contribution in [1.82, 2.24) is 0 Å². The standard InChI is InChI=1S/C16H15NO6S/c1-23-11-8-6-10(7-9-11)15(14(18)16(19)20)24-13-5-3-2-4-12(13)17(21)22/h2-9,14-15,18H,1H3,(H,19,20). The molecule has 2 aromatic carbocycles. The van der Waals surface area contributed by atoms with E-state index < -0.39 is 22.2 Å². The Bertz CT molecular complexity index is 734. The topological polar surface area (TPSA) is 110 Å². The Balaban J connectivity index is 2.40. The number of thioether (sulfide) groups is 1. The van der Waals surface area contributed by atoms with Crippen LogP contribution in [0.15, 0.2) is 53.4 Å². The first-order valence-electron chi connectivity index (χ1n) is 6.89. The van der Waals surface area contributed by atoms with Crippen molar-refractivity contribution in [3.8, 4) is 5.75 Å². The fourth-order valence-electron chi connectivity index (χ4n) is 2.08. The third kappa shape index (κ3) is 4.03.